The molecule has 0 unspecified atom stereocenters. The monoisotopic (exact) mass is 420 g/mol. The fourth-order valence-corrected chi connectivity index (χ4v) is 2.84. The second-order valence-electron chi connectivity index (χ2n) is 7.02. The number of hydrogen-bond donors (Lipinski definition) is 2. The van der Waals surface area contributed by atoms with Crippen molar-refractivity contribution in [2.45, 2.75) is 34.2 Å². The van der Waals surface area contributed by atoms with Gasteiger partial charge in [0.15, 0.2) is 6.61 Å². The van der Waals surface area contributed by atoms with Gasteiger partial charge in [0, 0.05) is 11.6 Å². The SMILES string of the molecule is Cc1nn(Cc2ccccc2Cl)c(C)c1C(=O)OCC(=O)NC(=O)NCC(C)C. The lowest BCUT2D eigenvalue weighted by Gasteiger charge is -2.09. The summed E-state index contributed by atoms with van der Waals surface area (Å²) < 4.78 is 6.71. The fraction of sp³-hybridized carbons (Fsp3) is 0.400. The summed E-state index contributed by atoms with van der Waals surface area (Å²) >= 11 is 6.19. The van der Waals surface area contributed by atoms with E-state index in [0.717, 1.165) is 5.56 Å². The Morgan fingerprint density at radius 2 is 1.90 bits per heavy atom. The summed E-state index contributed by atoms with van der Waals surface area (Å²) in [5.74, 6) is -1.14. The standard InChI is InChI=1S/C20H25ClN4O4/c1-12(2)9-22-20(28)23-17(26)11-29-19(27)18-13(3)24-25(14(18)4)10-15-7-5-6-8-16(15)21/h5-8,12H,9-11H2,1-4H3,(H2,22,23,26,28). The summed E-state index contributed by atoms with van der Waals surface area (Å²) in [7, 11) is 0. The van der Waals surface area contributed by atoms with Crippen LogP contribution in [0.15, 0.2) is 24.3 Å². The van der Waals surface area contributed by atoms with E-state index < -0.39 is 24.5 Å². The molecule has 1 aromatic heterocycles. The van der Waals surface area contributed by atoms with Gasteiger partial charge in [-0.1, -0.05) is 43.6 Å². The number of imide groups is 1. The first kappa shape index (κ1) is 22.4. The van der Waals surface area contributed by atoms with Gasteiger partial charge in [-0.2, -0.15) is 5.10 Å². The Morgan fingerprint density at radius 3 is 2.55 bits per heavy atom. The number of hydrogen-bond acceptors (Lipinski definition) is 5. The highest BCUT2D eigenvalue weighted by molar-refractivity contribution is 6.31. The van der Waals surface area contributed by atoms with Crippen LogP contribution in [0.5, 0.6) is 0 Å². The lowest BCUT2D eigenvalue weighted by Crippen LogP contribution is -2.42. The third-order valence-corrected chi connectivity index (χ3v) is 4.49. The molecule has 0 bridgehead atoms. The molecule has 1 heterocycles. The van der Waals surface area contributed by atoms with Crippen molar-refractivity contribution in [2.24, 2.45) is 5.92 Å². The summed E-state index contributed by atoms with van der Waals surface area (Å²) in [6.07, 6.45) is 0. The molecule has 3 amide bonds. The summed E-state index contributed by atoms with van der Waals surface area (Å²) in [5.41, 5.74) is 2.23. The third kappa shape index (κ3) is 6.32. The highest BCUT2D eigenvalue weighted by Crippen LogP contribution is 2.20. The van der Waals surface area contributed by atoms with Gasteiger partial charge in [-0.3, -0.25) is 14.8 Å². The van der Waals surface area contributed by atoms with Crippen LogP contribution in [0.1, 0.15) is 41.2 Å². The second-order valence-corrected chi connectivity index (χ2v) is 7.43. The molecule has 0 aliphatic rings. The number of carbonyl (C=O) groups is 3. The number of nitrogens with zero attached hydrogens (tertiary/aromatic N) is 2. The molecule has 0 aliphatic heterocycles. The van der Waals surface area contributed by atoms with E-state index in [2.05, 4.69) is 15.7 Å². The zero-order valence-electron chi connectivity index (χ0n) is 16.9. The number of halogens is 1. The molecular weight excluding hydrogens is 396 g/mol. The predicted octanol–water partition coefficient (Wildman–Crippen LogP) is 2.84. The molecular formula is C20H25ClN4O4. The van der Waals surface area contributed by atoms with Gasteiger partial charge in [-0.05, 0) is 31.4 Å². The van der Waals surface area contributed by atoms with Crippen LogP contribution in [0, 0.1) is 19.8 Å². The molecule has 0 aliphatic carbocycles. The van der Waals surface area contributed by atoms with Crippen molar-refractivity contribution in [3.8, 4) is 0 Å². The zero-order chi connectivity index (χ0) is 21.6. The van der Waals surface area contributed by atoms with Crippen LogP contribution in [0.2, 0.25) is 5.02 Å². The van der Waals surface area contributed by atoms with Crippen molar-refractivity contribution in [3.63, 3.8) is 0 Å². The molecule has 2 aromatic rings. The van der Waals surface area contributed by atoms with Crippen molar-refractivity contribution in [3.05, 3.63) is 51.8 Å². The molecule has 29 heavy (non-hydrogen) atoms. The van der Waals surface area contributed by atoms with Gasteiger partial charge in [0.05, 0.1) is 17.9 Å². The van der Waals surface area contributed by atoms with Crippen molar-refractivity contribution in [1.82, 2.24) is 20.4 Å². The van der Waals surface area contributed by atoms with Crippen molar-refractivity contribution in [1.29, 1.82) is 0 Å². The minimum absolute atomic E-state index is 0.252. The number of rotatable bonds is 7. The Balaban J connectivity index is 1.97. The molecule has 9 heteroatoms. The summed E-state index contributed by atoms with van der Waals surface area (Å²) in [6.45, 7) is 7.56. The summed E-state index contributed by atoms with van der Waals surface area (Å²) in [6, 6.07) is 6.75. The first-order valence-electron chi connectivity index (χ1n) is 9.21. The number of benzene rings is 1. The Bertz CT molecular complexity index is 908. The van der Waals surface area contributed by atoms with Crippen LogP contribution >= 0.6 is 11.6 Å². The van der Waals surface area contributed by atoms with Crippen LogP contribution in [0.3, 0.4) is 0 Å². The average molecular weight is 421 g/mol. The molecule has 156 valence electrons. The van der Waals surface area contributed by atoms with Gasteiger partial charge in [-0.15, -0.1) is 0 Å². The van der Waals surface area contributed by atoms with Crippen molar-refractivity contribution >= 4 is 29.5 Å². The number of ether oxygens (including phenoxy) is 1. The molecule has 0 fully saturated rings. The maximum Gasteiger partial charge on any atom is 0.342 e. The van der Waals surface area contributed by atoms with Crippen LogP contribution in [0.4, 0.5) is 4.79 Å². The quantitative estimate of drug-likeness (QED) is 0.670. The molecule has 1 aromatic carbocycles. The fourth-order valence-electron chi connectivity index (χ4n) is 2.64. The Labute approximate surface area is 174 Å². The summed E-state index contributed by atoms with van der Waals surface area (Å²) in [5, 5.41) is 9.64. The number of aromatic nitrogens is 2. The van der Waals surface area contributed by atoms with Crippen molar-refractivity contribution in [2.75, 3.05) is 13.2 Å². The van der Waals surface area contributed by atoms with E-state index in [1.807, 2.05) is 32.0 Å². The van der Waals surface area contributed by atoms with Gasteiger partial charge in [0.1, 0.15) is 5.56 Å². The molecule has 2 rings (SSSR count). The van der Waals surface area contributed by atoms with E-state index in [4.69, 9.17) is 16.3 Å². The van der Waals surface area contributed by atoms with E-state index in [-0.39, 0.29) is 11.5 Å². The molecule has 2 N–H and O–H groups in total. The molecule has 8 nitrogen and oxygen atoms in total. The van der Waals surface area contributed by atoms with E-state index in [1.165, 1.54) is 0 Å². The van der Waals surface area contributed by atoms with Gasteiger partial charge in [0.25, 0.3) is 5.91 Å². The Morgan fingerprint density at radius 1 is 1.21 bits per heavy atom. The minimum atomic E-state index is -0.710. The predicted molar refractivity (Wildman–Crippen MR) is 109 cm³/mol. The van der Waals surface area contributed by atoms with Crippen LogP contribution in [0.25, 0.3) is 0 Å². The van der Waals surface area contributed by atoms with Crippen molar-refractivity contribution < 1.29 is 19.1 Å². The molecule has 0 atom stereocenters. The smallest absolute Gasteiger partial charge is 0.342 e. The molecule has 0 saturated carbocycles. The largest absolute Gasteiger partial charge is 0.452 e. The Kier molecular flexibility index (Phi) is 7.78. The number of aryl methyl sites for hydroxylation is 1. The first-order chi connectivity index (χ1) is 13.7. The normalized spacial score (nSPS) is 10.7. The topological polar surface area (TPSA) is 102 Å². The second kappa shape index (κ2) is 10.1. The molecule has 0 spiro atoms. The van der Waals surface area contributed by atoms with Gasteiger partial charge >= 0.3 is 12.0 Å². The highest BCUT2D eigenvalue weighted by atomic mass is 35.5. The lowest BCUT2D eigenvalue weighted by atomic mass is 10.2. The lowest BCUT2D eigenvalue weighted by molar-refractivity contribution is -0.123. The minimum Gasteiger partial charge on any atom is -0.452 e. The van der Waals surface area contributed by atoms with Gasteiger partial charge in [0.2, 0.25) is 0 Å². The average Bonchev–Trinajstić information content (AvgIpc) is 2.93. The van der Waals surface area contributed by atoms with Gasteiger partial charge < -0.3 is 10.1 Å². The van der Waals surface area contributed by atoms with Crippen LogP contribution in [-0.2, 0) is 16.1 Å². The maximum absolute atomic E-state index is 12.4. The third-order valence-electron chi connectivity index (χ3n) is 4.12. The molecule has 0 radical (unpaired) electrons. The first-order valence-corrected chi connectivity index (χ1v) is 9.59. The number of esters is 1. The molecule has 0 saturated heterocycles. The number of urea groups is 1. The van der Waals surface area contributed by atoms with E-state index in [9.17, 15) is 14.4 Å². The summed E-state index contributed by atoms with van der Waals surface area (Å²) in [4.78, 5) is 35.8. The maximum atomic E-state index is 12.4. The van der Waals surface area contributed by atoms with E-state index in [1.54, 1.807) is 24.6 Å². The highest BCUT2D eigenvalue weighted by Gasteiger charge is 2.21. The van der Waals surface area contributed by atoms with E-state index in [0.29, 0.717) is 29.5 Å². The number of carbonyl (C=O) groups excluding carboxylic acids is 3. The van der Waals surface area contributed by atoms with Crippen LogP contribution < -0.4 is 10.6 Å². The number of nitrogens with one attached hydrogen (secondary N) is 2. The zero-order valence-corrected chi connectivity index (χ0v) is 17.7. The van der Waals surface area contributed by atoms with Crippen LogP contribution in [-0.4, -0.2) is 40.8 Å². The number of amides is 3. The van der Waals surface area contributed by atoms with E-state index >= 15 is 0 Å². The van der Waals surface area contributed by atoms with Gasteiger partial charge in [-0.25, -0.2) is 9.59 Å². The Hall–Kier alpha value is -2.87.